The molecule has 0 atom stereocenters. The minimum Gasteiger partial charge on any atom is -0.489 e. The van der Waals surface area contributed by atoms with Crippen LogP contribution in [0.3, 0.4) is 0 Å². The van der Waals surface area contributed by atoms with E-state index in [9.17, 15) is 9.59 Å². The standard InChI is InChI=1S/C25H20ClNO3S/c1-17-5-2-3-7-20(17)16-30-22-11-9-18(10-12-22)14-23-24(28)27(25(29)31-23)15-19-6-4-8-21(26)13-19/h2-14H,15-16H2,1H3/b23-14-. The summed E-state index contributed by atoms with van der Waals surface area (Å²) in [7, 11) is 0. The van der Waals surface area contributed by atoms with Crippen LogP contribution >= 0.6 is 23.4 Å². The Balaban J connectivity index is 1.42. The second-order valence-corrected chi connectivity index (χ2v) is 8.61. The molecule has 2 amide bonds. The van der Waals surface area contributed by atoms with Crippen LogP contribution in [0.15, 0.2) is 77.7 Å². The normalized spacial score (nSPS) is 15.0. The van der Waals surface area contributed by atoms with Gasteiger partial charge in [0.15, 0.2) is 0 Å². The van der Waals surface area contributed by atoms with Crippen LogP contribution in [-0.4, -0.2) is 16.0 Å². The molecule has 1 heterocycles. The number of thioether (sulfide) groups is 1. The van der Waals surface area contributed by atoms with Crippen molar-refractivity contribution in [3.8, 4) is 5.75 Å². The molecular formula is C25H20ClNO3S. The van der Waals surface area contributed by atoms with Gasteiger partial charge in [0.1, 0.15) is 12.4 Å². The molecule has 1 fully saturated rings. The zero-order valence-electron chi connectivity index (χ0n) is 16.9. The molecule has 1 aliphatic heterocycles. The van der Waals surface area contributed by atoms with Gasteiger partial charge in [-0.3, -0.25) is 14.5 Å². The van der Waals surface area contributed by atoms with Crippen molar-refractivity contribution < 1.29 is 14.3 Å². The van der Waals surface area contributed by atoms with Crippen LogP contribution < -0.4 is 4.74 Å². The van der Waals surface area contributed by atoms with Gasteiger partial charge >= 0.3 is 0 Å². The van der Waals surface area contributed by atoms with Gasteiger partial charge in [-0.25, -0.2) is 0 Å². The van der Waals surface area contributed by atoms with Crippen LogP contribution in [0.2, 0.25) is 5.02 Å². The van der Waals surface area contributed by atoms with E-state index >= 15 is 0 Å². The van der Waals surface area contributed by atoms with Gasteiger partial charge in [-0.1, -0.05) is 60.1 Å². The molecule has 0 radical (unpaired) electrons. The van der Waals surface area contributed by atoms with Gasteiger partial charge in [0.2, 0.25) is 0 Å². The number of halogens is 1. The number of carbonyl (C=O) groups is 2. The SMILES string of the molecule is Cc1ccccc1COc1ccc(/C=C2\SC(=O)N(Cc3cccc(Cl)c3)C2=O)cc1. The summed E-state index contributed by atoms with van der Waals surface area (Å²) in [6, 6.07) is 22.7. The molecule has 0 aromatic heterocycles. The Morgan fingerprint density at radius 2 is 1.77 bits per heavy atom. The zero-order chi connectivity index (χ0) is 21.8. The lowest BCUT2D eigenvalue weighted by Crippen LogP contribution is -2.27. The van der Waals surface area contributed by atoms with E-state index in [0.29, 0.717) is 16.5 Å². The third-order valence-corrected chi connectivity index (χ3v) is 6.08. The number of imide groups is 1. The molecule has 156 valence electrons. The lowest BCUT2D eigenvalue weighted by molar-refractivity contribution is -0.123. The van der Waals surface area contributed by atoms with E-state index in [1.54, 1.807) is 24.3 Å². The molecule has 31 heavy (non-hydrogen) atoms. The lowest BCUT2D eigenvalue weighted by Gasteiger charge is -2.12. The van der Waals surface area contributed by atoms with Crippen molar-refractivity contribution >= 4 is 40.6 Å². The minimum atomic E-state index is -0.296. The Kier molecular flexibility index (Phi) is 6.44. The molecule has 0 bridgehead atoms. The summed E-state index contributed by atoms with van der Waals surface area (Å²) in [4.78, 5) is 26.7. The third kappa shape index (κ3) is 5.19. The van der Waals surface area contributed by atoms with E-state index in [1.165, 1.54) is 10.5 Å². The maximum absolute atomic E-state index is 12.7. The number of ether oxygens (including phenoxy) is 1. The molecule has 6 heteroatoms. The summed E-state index contributed by atoms with van der Waals surface area (Å²) < 4.78 is 5.86. The maximum atomic E-state index is 12.7. The average molecular weight is 450 g/mol. The van der Waals surface area contributed by atoms with Crippen LogP contribution in [0.25, 0.3) is 6.08 Å². The first-order valence-electron chi connectivity index (χ1n) is 9.77. The van der Waals surface area contributed by atoms with Gasteiger partial charge in [-0.05, 0) is 71.3 Å². The van der Waals surface area contributed by atoms with Gasteiger partial charge in [-0.15, -0.1) is 0 Å². The molecule has 0 spiro atoms. The van der Waals surface area contributed by atoms with Crippen LogP contribution in [0.5, 0.6) is 5.75 Å². The Hall–Kier alpha value is -3.02. The largest absolute Gasteiger partial charge is 0.489 e. The second kappa shape index (κ2) is 9.41. The van der Waals surface area contributed by atoms with Crippen LogP contribution in [0, 0.1) is 6.92 Å². The number of hydrogen-bond donors (Lipinski definition) is 0. The first-order chi connectivity index (χ1) is 15.0. The van der Waals surface area contributed by atoms with Crippen LogP contribution in [0.1, 0.15) is 22.3 Å². The molecule has 0 saturated carbocycles. The van der Waals surface area contributed by atoms with E-state index in [2.05, 4.69) is 13.0 Å². The number of hydrogen-bond acceptors (Lipinski definition) is 4. The summed E-state index contributed by atoms with van der Waals surface area (Å²) in [5.41, 5.74) is 3.97. The summed E-state index contributed by atoms with van der Waals surface area (Å²) in [6.07, 6.45) is 1.73. The number of carbonyl (C=O) groups excluding carboxylic acids is 2. The monoisotopic (exact) mass is 449 g/mol. The van der Waals surface area contributed by atoms with Crippen LogP contribution in [-0.2, 0) is 17.9 Å². The average Bonchev–Trinajstić information content (AvgIpc) is 3.02. The van der Waals surface area contributed by atoms with Crippen molar-refractivity contribution in [2.75, 3.05) is 0 Å². The lowest BCUT2D eigenvalue weighted by atomic mass is 10.1. The molecule has 1 aliphatic rings. The fraction of sp³-hybridized carbons (Fsp3) is 0.120. The Morgan fingerprint density at radius 3 is 2.52 bits per heavy atom. The molecule has 0 aliphatic carbocycles. The fourth-order valence-electron chi connectivity index (χ4n) is 3.20. The van der Waals surface area contributed by atoms with E-state index in [0.717, 1.165) is 34.2 Å². The minimum absolute atomic E-state index is 0.203. The Morgan fingerprint density at radius 1 is 1.00 bits per heavy atom. The van der Waals surface area contributed by atoms with Crippen molar-refractivity contribution in [1.82, 2.24) is 4.90 Å². The Bertz CT molecular complexity index is 1160. The van der Waals surface area contributed by atoms with Gasteiger partial charge in [-0.2, -0.15) is 0 Å². The molecule has 0 N–H and O–H groups in total. The topological polar surface area (TPSA) is 46.6 Å². The number of nitrogens with zero attached hydrogens (tertiary/aromatic N) is 1. The van der Waals surface area contributed by atoms with E-state index in [4.69, 9.17) is 16.3 Å². The molecule has 4 nitrogen and oxygen atoms in total. The Labute approximate surface area is 190 Å². The predicted octanol–water partition coefficient (Wildman–Crippen LogP) is 6.46. The van der Waals surface area contributed by atoms with Gasteiger partial charge in [0, 0.05) is 5.02 Å². The van der Waals surface area contributed by atoms with E-state index in [-0.39, 0.29) is 17.7 Å². The quantitative estimate of drug-likeness (QED) is 0.405. The third-order valence-electron chi connectivity index (χ3n) is 4.94. The highest BCUT2D eigenvalue weighted by molar-refractivity contribution is 8.18. The smallest absolute Gasteiger partial charge is 0.293 e. The molecular weight excluding hydrogens is 430 g/mol. The molecule has 3 aromatic rings. The van der Waals surface area contributed by atoms with Crippen molar-refractivity contribution in [2.24, 2.45) is 0 Å². The molecule has 4 rings (SSSR count). The molecule has 1 saturated heterocycles. The first kappa shape index (κ1) is 21.2. The van der Waals surface area contributed by atoms with Crippen molar-refractivity contribution in [3.63, 3.8) is 0 Å². The van der Waals surface area contributed by atoms with E-state index < -0.39 is 0 Å². The molecule has 0 unspecified atom stereocenters. The van der Waals surface area contributed by atoms with Crippen LogP contribution in [0.4, 0.5) is 4.79 Å². The summed E-state index contributed by atoms with van der Waals surface area (Å²) in [5, 5.41) is 0.291. The maximum Gasteiger partial charge on any atom is 0.293 e. The zero-order valence-corrected chi connectivity index (χ0v) is 18.5. The molecule has 3 aromatic carbocycles. The number of aryl methyl sites for hydroxylation is 1. The highest BCUT2D eigenvalue weighted by atomic mass is 35.5. The first-order valence-corrected chi connectivity index (χ1v) is 11.0. The van der Waals surface area contributed by atoms with Gasteiger partial charge < -0.3 is 4.74 Å². The van der Waals surface area contributed by atoms with Crippen molar-refractivity contribution in [1.29, 1.82) is 0 Å². The predicted molar refractivity (Wildman–Crippen MR) is 125 cm³/mol. The number of amides is 2. The van der Waals surface area contributed by atoms with Crippen molar-refractivity contribution in [3.05, 3.63) is 105 Å². The van der Waals surface area contributed by atoms with Gasteiger partial charge in [0.25, 0.3) is 11.1 Å². The summed E-state index contributed by atoms with van der Waals surface area (Å²) in [5.74, 6) is 0.448. The summed E-state index contributed by atoms with van der Waals surface area (Å²) >= 11 is 6.95. The fourth-order valence-corrected chi connectivity index (χ4v) is 4.25. The summed E-state index contributed by atoms with van der Waals surface area (Å²) in [6.45, 7) is 2.75. The second-order valence-electron chi connectivity index (χ2n) is 7.18. The van der Waals surface area contributed by atoms with E-state index in [1.807, 2.05) is 48.5 Å². The van der Waals surface area contributed by atoms with Crippen molar-refractivity contribution in [2.45, 2.75) is 20.1 Å². The number of rotatable bonds is 6. The number of benzene rings is 3. The van der Waals surface area contributed by atoms with Gasteiger partial charge in [0.05, 0.1) is 11.4 Å². The highest BCUT2D eigenvalue weighted by Gasteiger charge is 2.34. The highest BCUT2D eigenvalue weighted by Crippen LogP contribution is 2.33.